The number of unbranched alkanes of at least 4 members (excludes halogenated alkanes) is 19. The van der Waals surface area contributed by atoms with Crippen LogP contribution in [0.25, 0.3) is 0 Å². The second-order valence-electron chi connectivity index (χ2n) is 11.0. The molecule has 0 spiro atoms. The molecule has 0 saturated heterocycles. The first-order chi connectivity index (χ1) is 17.5. The summed E-state index contributed by atoms with van der Waals surface area (Å²) in [6.07, 6.45) is 29.6. The average molecular weight is 549 g/mol. The van der Waals surface area contributed by atoms with E-state index < -0.39 is 22.2 Å². The van der Waals surface area contributed by atoms with Gasteiger partial charge in [-0.2, -0.15) is 0 Å². The minimum absolute atomic E-state index is 0.172. The van der Waals surface area contributed by atoms with Crippen molar-refractivity contribution in [2.24, 2.45) is 0 Å². The highest BCUT2D eigenvalue weighted by Crippen LogP contribution is 2.20. The predicted octanol–water partition coefficient (Wildman–Crippen LogP) is 9.66. The van der Waals surface area contributed by atoms with Crippen LogP contribution in [0, 0.1) is 0 Å². The summed E-state index contributed by atoms with van der Waals surface area (Å²) in [6.45, 7) is 4.47. The van der Waals surface area contributed by atoms with Crippen LogP contribution < -0.4 is 0 Å². The maximum atomic E-state index is 11.6. The van der Waals surface area contributed by atoms with Gasteiger partial charge in [0, 0.05) is 10.5 Å². The molecule has 0 aromatic heterocycles. The van der Waals surface area contributed by atoms with Crippen LogP contribution in [0.4, 0.5) is 0 Å². The van der Waals surface area contributed by atoms with Gasteiger partial charge in [-0.1, -0.05) is 177 Å². The van der Waals surface area contributed by atoms with E-state index in [1.54, 1.807) is 0 Å². The molecule has 0 rings (SSSR count). The van der Waals surface area contributed by atoms with Crippen molar-refractivity contribution in [3.63, 3.8) is 0 Å². The van der Waals surface area contributed by atoms with E-state index in [4.69, 9.17) is 0 Å². The minimum atomic E-state index is -1.95. The summed E-state index contributed by atoms with van der Waals surface area (Å²) in [5.41, 5.74) is 0. The van der Waals surface area contributed by atoms with Crippen molar-refractivity contribution >= 4 is 22.2 Å². The fraction of sp³-hybridized carbons (Fsp3) is 1.00. The summed E-state index contributed by atoms with van der Waals surface area (Å²) >= 11 is -3.90. The maximum absolute atomic E-state index is 11.6. The van der Waals surface area contributed by atoms with Gasteiger partial charge < -0.3 is 9.11 Å². The van der Waals surface area contributed by atoms with Crippen LogP contribution in [0.3, 0.4) is 0 Å². The lowest BCUT2D eigenvalue weighted by atomic mass is 10.0. The SMILES string of the molecule is CCCCCCCCCCC(CCCCCCCCC(CCCCCCCCCC)S(=O)[O-])S(=O)[O-]. The topological polar surface area (TPSA) is 80.3 Å². The zero-order valence-electron chi connectivity index (χ0n) is 24.0. The van der Waals surface area contributed by atoms with E-state index in [-0.39, 0.29) is 10.5 Å². The third-order valence-electron chi connectivity index (χ3n) is 7.61. The first-order valence-electron chi connectivity index (χ1n) is 15.7. The summed E-state index contributed by atoms with van der Waals surface area (Å²) in [6, 6.07) is 0. The first-order valence-corrected chi connectivity index (χ1v) is 18.0. The largest absolute Gasteiger partial charge is 0.772 e. The molecule has 0 fully saturated rings. The number of hydrogen-bond acceptors (Lipinski definition) is 4. The van der Waals surface area contributed by atoms with Crippen molar-refractivity contribution in [2.75, 3.05) is 0 Å². The Balaban J connectivity index is 3.71. The van der Waals surface area contributed by atoms with Gasteiger partial charge in [0.2, 0.25) is 0 Å². The Morgan fingerprint density at radius 3 is 0.778 bits per heavy atom. The quantitative estimate of drug-likeness (QED) is 0.0688. The fourth-order valence-electron chi connectivity index (χ4n) is 5.14. The van der Waals surface area contributed by atoms with Crippen molar-refractivity contribution in [3.05, 3.63) is 0 Å². The van der Waals surface area contributed by atoms with Gasteiger partial charge in [-0.25, -0.2) is 0 Å². The molecule has 0 N–H and O–H groups in total. The fourth-order valence-corrected chi connectivity index (χ4v) is 6.57. The van der Waals surface area contributed by atoms with Gasteiger partial charge in [-0.3, -0.25) is 8.42 Å². The lowest BCUT2D eigenvalue weighted by Crippen LogP contribution is -2.15. The van der Waals surface area contributed by atoms with Crippen LogP contribution in [0.2, 0.25) is 0 Å². The van der Waals surface area contributed by atoms with Crippen LogP contribution in [0.1, 0.15) is 181 Å². The molecule has 0 bridgehead atoms. The van der Waals surface area contributed by atoms with Crippen molar-refractivity contribution in [1.29, 1.82) is 0 Å². The summed E-state index contributed by atoms with van der Waals surface area (Å²) in [7, 11) is 0. The Kier molecular flexibility index (Phi) is 28.4. The van der Waals surface area contributed by atoms with Gasteiger partial charge in [-0.05, 0) is 25.7 Å². The van der Waals surface area contributed by atoms with Crippen molar-refractivity contribution in [2.45, 2.75) is 191 Å². The lowest BCUT2D eigenvalue weighted by Gasteiger charge is -2.20. The molecule has 6 heteroatoms. The van der Waals surface area contributed by atoms with Crippen LogP contribution in [-0.4, -0.2) is 28.0 Å². The molecule has 0 aromatic rings. The second kappa shape index (κ2) is 28.2. The monoisotopic (exact) mass is 548 g/mol. The van der Waals surface area contributed by atoms with Crippen molar-refractivity contribution < 1.29 is 17.5 Å². The Hall–Kier alpha value is 0.220. The van der Waals surface area contributed by atoms with Gasteiger partial charge in [0.1, 0.15) is 0 Å². The summed E-state index contributed by atoms with van der Waals surface area (Å²) in [5.74, 6) is 0. The molecule has 0 aliphatic heterocycles. The molecule has 0 saturated carbocycles. The zero-order valence-corrected chi connectivity index (χ0v) is 25.6. The summed E-state index contributed by atoms with van der Waals surface area (Å²) in [5, 5.41) is -0.344. The van der Waals surface area contributed by atoms with E-state index in [2.05, 4.69) is 13.8 Å². The standard InChI is InChI=1S/C30H62O4S2/c1-3-5-7-9-11-13-17-21-25-29(35(31)32)27-23-19-15-16-20-24-28-30(36(33)34)26-22-18-14-12-10-8-6-4-2/h29-30H,3-28H2,1-2H3,(H,31,32)(H,33,34)/p-2. The van der Waals surface area contributed by atoms with E-state index in [0.717, 1.165) is 89.9 Å². The van der Waals surface area contributed by atoms with Crippen LogP contribution in [0.5, 0.6) is 0 Å². The van der Waals surface area contributed by atoms with Gasteiger partial charge in [-0.15, -0.1) is 0 Å². The average Bonchev–Trinajstić information content (AvgIpc) is 2.85. The molecule has 4 unspecified atom stereocenters. The van der Waals surface area contributed by atoms with E-state index in [1.165, 1.54) is 77.0 Å². The third-order valence-corrected chi connectivity index (χ3v) is 9.64. The molecule has 0 aliphatic rings. The van der Waals surface area contributed by atoms with Crippen molar-refractivity contribution in [1.82, 2.24) is 0 Å². The highest BCUT2D eigenvalue weighted by atomic mass is 32.2. The molecular formula is C30H60O4S2-2. The van der Waals surface area contributed by atoms with E-state index in [0.29, 0.717) is 0 Å². The van der Waals surface area contributed by atoms with Gasteiger partial charge in [0.05, 0.1) is 0 Å². The van der Waals surface area contributed by atoms with Gasteiger partial charge in [0.25, 0.3) is 0 Å². The smallest absolute Gasteiger partial charge is 0.0215 e. The molecular weight excluding hydrogens is 488 g/mol. The molecule has 4 nitrogen and oxygen atoms in total. The first kappa shape index (κ1) is 36.2. The maximum Gasteiger partial charge on any atom is 0.0215 e. The van der Waals surface area contributed by atoms with Crippen LogP contribution in [-0.2, 0) is 22.2 Å². The highest BCUT2D eigenvalue weighted by Gasteiger charge is 2.10. The lowest BCUT2D eigenvalue weighted by molar-refractivity contribution is 0.475. The number of rotatable bonds is 29. The predicted molar refractivity (Wildman–Crippen MR) is 157 cm³/mol. The highest BCUT2D eigenvalue weighted by molar-refractivity contribution is 7.80. The van der Waals surface area contributed by atoms with Crippen molar-refractivity contribution in [3.8, 4) is 0 Å². The second-order valence-corrected chi connectivity index (χ2v) is 13.4. The Morgan fingerprint density at radius 1 is 0.389 bits per heavy atom. The molecule has 0 amide bonds. The normalized spacial score (nSPS) is 15.1. The zero-order chi connectivity index (χ0) is 26.7. The third kappa shape index (κ3) is 24.6. The van der Waals surface area contributed by atoms with Gasteiger partial charge in [0.15, 0.2) is 0 Å². The number of hydrogen-bond donors (Lipinski definition) is 0. The molecule has 0 radical (unpaired) electrons. The molecule has 0 aromatic carbocycles. The van der Waals surface area contributed by atoms with E-state index in [1.807, 2.05) is 0 Å². The summed E-state index contributed by atoms with van der Waals surface area (Å²) < 4.78 is 46.3. The molecule has 0 heterocycles. The molecule has 0 aliphatic carbocycles. The van der Waals surface area contributed by atoms with Crippen LogP contribution >= 0.6 is 0 Å². The van der Waals surface area contributed by atoms with Gasteiger partial charge >= 0.3 is 0 Å². The Labute approximate surface area is 230 Å². The summed E-state index contributed by atoms with van der Waals surface area (Å²) in [4.78, 5) is 0. The molecule has 4 atom stereocenters. The van der Waals surface area contributed by atoms with E-state index >= 15 is 0 Å². The Bertz CT molecular complexity index is 457. The Morgan fingerprint density at radius 2 is 0.583 bits per heavy atom. The van der Waals surface area contributed by atoms with Crippen LogP contribution in [0.15, 0.2) is 0 Å². The van der Waals surface area contributed by atoms with E-state index in [9.17, 15) is 17.5 Å². The molecule has 218 valence electrons. The molecule has 36 heavy (non-hydrogen) atoms. The minimum Gasteiger partial charge on any atom is -0.772 e.